The number of hydrogen-bond acceptors (Lipinski definition) is 6. The maximum Gasteiger partial charge on any atom is 0.313 e. The highest BCUT2D eigenvalue weighted by Crippen LogP contribution is 2.41. The monoisotopic (exact) mass is 402 g/mol. The molecule has 0 atom stereocenters. The zero-order valence-corrected chi connectivity index (χ0v) is 16.8. The van der Waals surface area contributed by atoms with Crippen LogP contribution in [0.2, 0.25) is 0 Å². The van der Waals surface area contributed by atoms with Crippen LogP contribution in [0.25, 0.3) is 10.2 Å². The summed E-state index contributed by atoms with van der Waals surface area (Å²) in [6.07, 6.45) is 5.36. The Labute approximate surface area is 168 Å². The number of para-hydroxylation sites is 1. The van der Waals surface area contributed by atoms with Crippen LogP contribution in [-0.4, -0.2) is 54.7 Å². The van der Waals surface area contributed by atoms with Gasteiger partial charge in [-0.3, -0.25) is 9.59 Å². The van der Waals surface area contributed by atoms with Gasteiger partial charge in [0.25, 0.3) is 5.91 Å². The minimum atomic E-state index is -0.558. The van der Waals surface area contributed by atoms with E-state index in [4.69, 9.17) is 14.5 Å². The average Bonchev–Trinajstić information content (AvgIpc) is 3.15. The van der Waals surface area contributed by atoms with Crippen molar-refractivity contribution in [1.82, 2.24) is 9.88 Å². The predicted octanol–water partition coefficient (Wildman–Crippen LogP) is 3.19. The van der Waals surface area contributed by atoms with Crippen LogP contribution in [0, 0.1) is 5.41 Å². The second-order valence-corrected chi connectivity index (χ2v) is 8.78. The van der Waals surface area contributed by atoms with Gasteiger partial charge in [-0.05, 0) is 25.0 Å². The lowest BCUT2D eigenvalue weighted by molar-refractivity contribution is -0.164. The molecule has 4 rings (SSSR count). The summed E-state index contributed by atoms with van der Waals surface area (Å²) in [5, 5.41) is 0.972. The molecule has 1 aliphatic carbocycles. The van der Waals surface area contributed by atoms with E-state index >= 15 is 0 Å². The lowest BCUT2D eigenvalue weighted by atomic mass is 9.72. The predicted molar refractivity (Wildman–Crippen MR) is 107 cm³/mol. The Morgan fingerprint density at radius 1 is 1.14 bits per heavy atom. The molecule has 1 saturated heterocycles. The fourth-order valence-corrected chi connectivity index (χ4v) is 5.26. The molecular weight excluding hydrogens is 376 g/mol. The molecule has 0 unspecified atom stereocenters. The van der Waals surface area contributed by atoms with Gasteiger partial charge in [-0.2, -0.15) is 0 Å². The zero-order chi connectivity index (χ0) is 19.4. The van der Waals surface area contributed by atoms with Crippen LogP contribution >= 0.6 is 11.3 Å². The zero-order valence-electron chi connectivity index (χ0n) is 16.0. The van der Waals surface area contributed by atoms with Crippen molar-refractivity contribution >= 4 is 33.4 Å². The summed E-state index contributed by atoms with van der Waals surface area (Å²) >= 11 is 1.65. The Bertz CT molecular complexity index is 805. The molecular formula is C21H26N2O4S. The highest BCUT2D eigenvalue weighted by Gasteiger charge is 2.42. The molecule has 150 valence electrons. The van der Waals surface area contributed by atoms with Crippen molar-refractivity contribution < 1.29 is 19.1 Å². The van der Waals surface area contributed by atoms with E-state index in [1.807, 2.05) is 18.2 Å². The summed E-state index contributed by atoms with van der Waals surface area (Å²) in [4.78, 5) is 31.9. The number of hydrogen-bond donors (Lipinski definition) is 0. The SMILES string of the molecule is O=C(COC(=O)C1(Cc2nc3ccccc3s2)CCCCC1)N1CCOCC1. The number of morpholine rings is 1. The van der Waals surface area contributed by atoms with Crippen molar-refractivity contribution in [2.24, 2.45) is 5.41 Å². The summed E-state index contributed by atoms with van der Waals surface area (Å²) < 4.78 is 12.0. The Morgan fingerprint density at radius 3 is 2.64 bits per heavy atom. The summed E-state index contributed by atoms with van der Waals surface area (Å²) in [5.74, 6) is -0.379. The molecule has 0 radical (unpaired) electrons. The number of carbonyl (C=O) groups is 2. The van der Waals surface area contributed by atoms with E-state index in [1.165, 1.54) is 0 Å². The number of carbonyl (C=O) groups excluding carboxylic acids is 2. The third kappa shape index (κ3) is 4.20. The minimum absolute atomic E-state index is 0.136. The third-order valence-corrected chi connectivity index (χ3v) is 6.80. The van der Waals surface area contributed by atoms with Crippen LogP contribution in [0.15, 0.2) is 24.3 Å². The number of ether oxygens (including phenoxy) is 2. The smallest absolute Gasteiger partial charge is 0.313 e. The summed E-state index contributed by atoms with van der Waals surface area (Å²) in [6, 6.07) is 8.05. The summed E-state index contributed by atoms with van der Waals surface area (Å²) in [6.45, 7) is 2.03. The van der Waals surface area contributed by atoms with Gasteiger partial charge in [0.05, 0.1) is 33.9 Å². The molecule has 28 heavy (non-hydrogen) atoms. The van der Waals surface area contributed by atoms with E-state index < -0.39 is 5.41 Å². The van der Waals surface area contributed by atoms with Gasteiger partial charge in [-0.1, -0.05) is 31.4 Å². The van der Waals surface area contributed by atoms with Crippen LogP contribution in [0.1, 0.15) is 37.1 Å². The molecule has 6 nitrogen and oxygen atoms in total. The number of nitrogens with zero attached hydrogens (tertiary/aromatic N) is 2. The number of thiazole rings is 1. The first kappa shape index (κ1) is 19.3. The topological polar surface area (TPSA) is 68.7 Å². The molecule has 1 amide bonds. The molecule has 2 fully saturated rings. The Morgan fingerprint density at radius 2 is 1.89 bits per heavy atom. The lowest BCUT2D eigenvalue weighted by Crippen LogP contribution is -2.44. The quantitative estimate of drug-likeness (QED) is 0.719. The summed E-state index contributed by atoms with van der Waals surface area (Å²) in [7, 11) is 0. The van der Waals surface area contributed by atoms with Gasteiger partial charge in [-0.25, -0.2) is 4.98 Å². The van der Waals surface area contributed by atoms with Crippen LogP contribution in [0.4, 0.5) is 0 Å². The largest absolute Gasteiger partial charge is 0.455 e. The maximum absolute atomic E-state index is 13.1. The second-order valence-electron chi connectivity index (χ2n) is 7.66. The van der Waals surface area contributed by atoms with Gasteiger partial charge in [0.15, 0.2) is 6.61 Å². The van der Waals surface area contributed by atoms with E-state index in [9.17, 15) is 9.59 Å². The maximum atomic E-state index is 13.1. The molecule has 0 spiro atoms. The summed E-state index contributed by atoms with van der Waals surface area (Å²) in [5.41, 5.74) is 0.418. The van der Waals surface area contributed by atoms with E-state index in [0.29, 0.717) is 32.7 Å². The number of esters is 1. The molecule has 0 bridgehead atoms. The molecule has 1 aliphatic heterocycles. The van der Waals surface area contributed by atoms with Crippen LogP contribution in [0.3, 0.4) is 0 Å². The van der Waals surface area contributed by atoms with E-state index in [0.717, 1.165) is 47.3 Å². The van der Waals surface area contributed by atoms with Gasteiger partial charge in [-0.15, -0.1) is 11.3 Å². The van der Waals surface area contributed by atoms with Gasteiger partial charge in [0.1, 0.15) is 0 Å². The lowest BCUT2D eigenvalue weighted by Gasteiger charge is -2.34. The first-order chi connectivity index (χ1) is 13.7. The minimum Gasteiger partial charge on any atom is -0.455 e. The van der Waals surface area contributed by atoms with E-state index in [-0.39, 0.29) is 18.5 Å². The van der Waals surface area contributed by atoms with Crippen molar-refractivity contribution in [1.29, 1.82) is 0 Å². The van der Waals surface area contributed by atoms with Gasteiger partial charge < -0.3 is 14.4 Å². The van der Waals surface area contributed by atoms with Crippen molar-refractivity contribution in [3.63, 3.8) is 0 Å². The number of aromatic nitrogens is 1. The molecule has 2 heterocycles. The average molecular weight is 403 g/mol. The molecule has 1 aromatic carbocycles. The highest BCUT2D eigenvalue weighted by molar-refractivity contribution is 7.18. The molecule has 2 aromatic rings. The van der Waals surface area contributed by atoms with Crippen LogP contribution < -0.4 is 0 Å². The second kappa shape index (κ2) is 8.57. The van der Waals surface area contributed by atoms with Crippen molar-refractivity contribution in [3.8, 4) is 0 Å². The van der Waals surface area contributed by atoms with Crippen LogP contribution in [0.5, 0.6) is 0 Å². The third-order valence-electron chi connectivity index (χ3n) is 5.76. The van der Waals surface area contributed by atoms with Gasteiger partial charge in [0.2, 0.25) is 0 Å². The number of benzene rings is 1. The fourth-order valence-electron chi connectivity index (χ4n) is 4.15. The molecule has 7 heteroatoms. The van der Waals surface area contributed by atoms with Crippen LogP contribution in [-0.2, 0) is 25.5 Å². The van der Waals surface area contributed by atoms with Gasteiger partial charge >= 0.3 is 5.97 Å². The van der Waals surface area contributed by atoms with Crippen molar-refractivity contribution in [2.45, 2.75) is 38.5 Å². The Kier molecular flexibility index (Phi) is 5.92. The van der Waals surface area contributed by atoms with Crippen molar-refractivity contribution in [2.75, 3.05) is 32.9 Å². The molecule has 1 aromatic heterocycles. The highest BCUT2D eigenvalue weighted by atomic mass is 32.1. The molecule has 2 aliphatic rings. The first-order valence-corrected chi connectivity index (χ1v) is 10.9. The normalized spacial score (nSPS) is 19.5. The number of amides is 1. The van der Waals surface area contributed by atoms with Gasteiger partial charge in [0, 0.05) is 19.5 Å². The standard InChI is InChI=1S/C21H26N2O4S/c24-19(23-10-12-26-13-11-23)15-27-20(25)21(8-4-1-5-9-21)14-18-22-16-6-2-3-7-17(16)28-18/h2-3,6-7H,1,4-5,8-15H2. The van der Waals surface area contributed by atoms with E-state index in [2.05, 4.69) is 6.07 Å². The van der Waals surface area contributed by atoms with Crippen molar-refractivity contribution in [3.05, 3.63) is 29.3 Å². The van der Waals surface area contributed by atoms with E-state index in [1.54, 1.807) is 16.2 Å². The number of rotatable bonds is 5. The Balaban J connectivity index is 1.45. The Hall–Kier alpha value is -1.99. The number of fused-ring (bicyclic) bond motifs is 1. The molecule has 0 N–H and O–H groups in total. The first-order valence-electron chi connectivity index (χ1n) is 10.0. The molecule has 1 saturated carbocycles. The fraction of sp³-hybridized carbons (Fsp3) is 0.571.